The van der Waals surface area contributed by atoms with Crippen LogP contribution in [0.3, 0.4) is 0 Å². The van der Waals surface area contributed by atoms with E-state index in [-0.39, 0.29) is 94.4 Å². The van der Waals surface area contributed by atoms with Gasteiger partial charge < -0.3 is 29.7 Å². The Morgan fingerprint density at radius 1 is 0.803 bits per heavy atom. The first-order chi connectivity index (χ1) is 32.0. The summed E-state index contributed by atoms with van der Waals surface area (Å²) in [5.41, 5.74) is 3.40. The second-order valence-corrected chi connectivity index (χ2v) is 15.5. The quantitative estimate of drug-likeness (QED) is 0.0997. The molecule has 66 heavy (non-hydrogen) atoms. The third-order valence-corrected chi connectivity index (χ3v) is 11.2. The maximum Gasteiger partial charge on any atom is 0.410 e. The minimum absolute atomic E-state index is 0.00207. The van der Waals surface area contributed by atoms with E-state index in [0.717, 1.165) is 23.1 Å². The van der Waals surface area contributed by atoms with Crippen molar-refractivity contribution in [2.24, 2.45) is 0 Å². The Morgan fingerprint density at radius 3 is 2.29 bits per heavy atom. The van der Waals surface area contributed by atoms with E-state index in [4.69, 9.17) is 9.47 Å². The summed E-state index contributed by atoms with van der Waals surface area (Å²) in [6.07, 6.45) is 1.74. The number of piperazine rings is 1. The third kappa shape index (κ3) is 11.5. The van der Waals surface area contributed by atoms with Crippen molar-refractivity contribution in [1.29, 1.82) is 0 Å². The van der Waals surface area contributed by atoms with Crippen LogP contribution >= 0.6 is 0 Å². The first-order valence-corrected chi connectivity index (χ1v) is 21.4. The van der Waals surface area contributed by atoms with Crippen LogP contribution in [-0.4, -0.2) is 124 Å². The molecule has 0 atom stereocenters. The maximum atomic E-state index is 15.1. The van der Waals surface area contributed by atoms with Crippen LogP contribution in [0.15, 0.2) is 114 Å². The lowest BCUT2D eigenvalue weighted by atomic mass is 10.0. The number of carboxylic acid groups (broad SMARTS) is 1. The third-order valence-electron chi connectivity index (χ3n) is 11.2. The lowest BCUT2D eigenvalue weighted by Crippen LogP contribution is -2.53. The Hall–Kier alpha value is -7.79. The van der Waals surface area contributed by atoms with Crippen LogP contribution in [-0.2, 0) is 33.7 Å². The van der Waals surface area contributed by atoms with Gasteiger partial charge in [-0.15, -0.1) is 0 Å². The summed E-state index contributed by atoms with van der Waals surface area (Å²) in [7, 11) is 0. The van der Waals surface area contributed by atoms with E-state index in [0.29, 0.717) is 27.6 Å². The van der Waals surface area contributed by atoms with Gasteiger partial charge >= 0.3 is 12.1 Å². The lowest BCUT2D eigenvalue weighted by Gasteiger charge is -2.36. The van der Waals surface area contributed by atoms with Gasteiger partial charge in [-0.05, 0) is 52.9 Å². The SMILES string of the molecule is CCc1cccc(-c2cnc(C(=O)NCCOCCN(CC(=O)N3CCN(C(=O)c4cc(Cc5n[nH]c(=O)c6ccccc56)ccc4F)CC3)C(=O)OCc3ccccc3)c(C(=O)O)c2)c1. The van der Waals surface area contributed by atoms with E-state index in [1.54, 1.807) is 54.6 Å². The Morgan fingerprint density at radius 2 is 1.53 bits per heavy atom. The van der Waals surface area contributed by atoms with Crippen molar-refractivity contribution < 1.29 is 42.9 Å². The van der Waals surface area contributed by atoms with Crippen molar-refractivity contribution in [3.05, 3.63) is 165 Å². The molecule has 0 saturated carbocycles. The molecule has 0 unspecified atom stereocenters. The van der Waals surface area contributed by atoms with E-state index in [1.165, 1.54) is 39.1 Å². The van der Waals surface area contributed by atoms with Crippen molar-refractivity contribution in [2.75, 3.05) is 59.0 Å². The highest BCUT2D eigenvalue weighted by atomic mass is 19.1. The Kier molecular flexibility index (Phi) is 15.2. The number of H-pyrrole nitrogens is 1. The predicted molar refractivity (Wildman–Crippen MR) is 241 cm³/mol. The normalized spacial score (nSPS) is 12.5. The summed E-state index contributed by atoms with van der Waals surface area (Å²) in [6, 6.07) is 29.4. The molecule has 0 radical (unpaired) electrons. The molecule has 17 heteroatoms. The van der Waals surface area contributed by atoms with E-state index in [2.05, 4.69) is 20.5 Å². The number of hydrogen-bond acceptors (Lipinski definition) is 10. The zero-order chi connectivity index (χ0) is 46.6. The van der Waals surface area contributed by atoms with E-state index in [1.807, 2.05) is 37.3 Å². The fourth-order valence-corrected chi connectivity index (χ4v) is 7.52. The monoisotopic (exact) mass is 897 g/mol. The highest BCUT2D eigenvalue weighted by molar-refractivity contribution is 6.04. The molecule has 16 nitrogen and oxygen atoms in total. The molecule has 7 rings (SSSR count). The van der Waals surface area contributed by atoms with Crippen LogP contribution in [0.25, 0.3) is 21.9 Å². The van der Waals surface area contributed by atoms with Crippen LogP contribution in [0.4, 0.5) is 9.18 Å². The fourth-order valence-electron chi connectivity index (χ4n) is 7.52. The molecule has 0 spiro atoms. The van der Waals surface area contributed by atoms with Crippen LogP contribution < -0.4 is 10.9 Å². The molecule has 4 aromatic carbocycles. The van der Waals surface area contributed by atoms with Crippen molar-refractivity contribution in [3.8, 4) is 11.1 Å². The second kappa shape index (κ2) is 21.7. The molecule has 6 aromatic rings. The first kappa shape index (κ1) is 46.2. The van der Waals surface area contributed by atoms with Crippen molar-refractivity contribution >= 4 is 40.6 Å². The van der Waals surface area contributed by atoms with Gasteiger partial charge in [0.05, 0.1) is 35.4 Å². The minimum atomic E-state index is -1.30. The van der Waals surface area contributed by atoms with Gasteiger partial charge in [0.1, 0.15) is 24.7 Å². The maximum absolute atomic E-state index is 15.1. The number of aromatic carboxylic acids is 1. The molecular weight excluding hydrogens is 850 g/mol. The topological polar surface area (TPSA) is 204 Å². The fraction of sp³-hybridized carbons (Fsp3) is 0.265. The number of halogens is 1. The number of carbonyl (C=O) groups is 5. The van der Waals surface area contributed by atoms with Gasteiger partial charge in [-0.3, -0.25) is 24.1 Å². The number of aromatic nitrogens is 3. The van der Waals surface area contributed by atoms with Gasteiger partial charge in [0.15, 0.2) is 0 Å². The largest absolute Gasteiger partial charge is 0.478 e. The number of fused-ring (bicyclic) bond motifs is 1. The van der Waals surface area contributed by atoms with Crippen LogP contribution in [0.1, 0.15) is 60.5 Å². The van der Waals surface area contributed by atoms with Gasteiger partial charge in [0, 0.05) is 62.8 Å². The number of carbonyl (C=O) groups excluding carboxylic acids is 4. The van der Waals surface area contributed by atoms with E-state index < -0.39 is 35.6 Å². The van der Waals surface area contributed by atoms with Crippen molar-refractivity contribution in [1.82, 2.24) is 35.2 Å². The average molecular weight is 898 g/mol. The van der Waals surface area contributed by atoms with Crippen molar-refractivity contribution in [2.45, 2.75) is 26.4 Å². The molecule has 3 heterocycles. The summed E-state index contributed by atoms with van der Waals surface area (Å²) < 4.78 is 26.4. The first-order valence-electron chi connectivity index (χ1n) is 21.4. The van der Waals surface area contributed by atoms with Crippen LogP contribution in [0.5, 0.6) is 0 Å². The number of benzene rings is 4. The number of rotatable bonds is 17. The standard InChI is InChI=1S/C49H48FN7O9/c1-2-32-11-8-12-35(25-32)36-28-40(48(62)63)44(52-29-36)46(60)51-17-23-65-24-22-57(49(64)66-31-33-9-4-3-5-10-33)30-43(58)55-18-20-56(21-19-55)47(61)39-26-34(15-16-41(39)50)27-42-37-13-6-7-14-38(37)45(59)54-53-42/h3-16,25-26,28-29H,2,17-24,27,30-31H2,1H3,(H,51,60)(H,54,59)(H,62,63). The zero-order valence-corrected chi connectivity index (χ0v) is 36.2. The van der Waals surface area contributed by atoms with Crippen LogP contribution in [0.2, 0.25) is 0 Å². The Balaban J connectivity index is 0.918. The second-order valence-electron chi connectivity index (χ2n) is 15.5. The van der Waals surface area contributed by atoms with Gasteiger partial charge in [0.2, 0.25) is 5.91 Å². The molecule has 0 bridgehead atoms. The zero-order valence-electron chi connectivity index (χ0n) is 36.2. The Bertz CT molecular complexity index is 2790. The average Bonchev–Trinajstić information content (AvgIpc) is 3.35. The van der Waals surface area contributed by atoms with Crippen molar-refractivity contribution in [3.63, 3.8) is 0 Å². The molecule has 2 aromatic heterocycles. The van der Waals surface area contributed by atoms with Gasteiger partial charge in [-0.25, -0.2) is 24.1 Å². The number of ether oxygens (including phenoxy) is 2. The molecular formula is C49H48FN7O9. The predicted octanol–water partition coefficient (Wildman–Crippen LogP) is 5.35. The van der Waals surface area contributed by atoms with Gasteiger partial charge in [-0.1, -0.05) is 85.8 Å². The highest BCUT2D eigenvalue weighted by Crippen LogP contribution is 2.24. The molecule has 1 saturated heterocycles. The summed E-state index contributed by atoms with van der Waals surface area (Å²) in [6.45, 7) is 2.05. The summed E-state index contributed by atoms with van der Waals surface area (Å²) in [5, 5.41) is 20.3. The Labute approximate surface area is 379 Å². The molecule has 4 amide bonds. The highest BCUT2D eigenvalue weighted by Gasteiger charge is 2.29. The number of hydrogen-bond donors (Lipinski definition) is 3. The molecule has 1 fully saturated rings. The van der Waals surface area contributed by atoms with Crippen LogP contribution in [0, 0.1) is 5.82 Å². The number of nitrogens with zero attached hydrogens (tertiary/aromatic N) is 5. The minimum Gasteiger partial charge on any atom is -0.478 e. The number of aromatic amines is 1. The van der Waals surface area contributed by atoms with Gasteiger partial charge in [-0.2, -0.15) is 5.10 Å². The smallest absolute Gasteiger partial charge is 0.410 e. The molecule has 3 N–H and O–H groups in total. The van der Waals surface area contributed by atoms with Gasteiger partial charge in [0.25, 0.3) is 17.4 Å². The van der Waals surface area contributed by atoms with E-state index in [9.17, 15) is 33.9 Å². The summed E-state index contributed by atoms with van der Waals surface area (Å²) in [4.78, 5) is 86.4. The lowest BCUT2D eigenvalue weighted by molar-refractivity contribution is -0.133. The number of pyridine rings is 1. The van der Waals surface area contributed by atoms with E-state index >= 15 is 4.39 Å². The molecule has 340 valence electrons. The number of carboxylic acids is 1. The molecule has 0 aliphatic carbocycles. The molecule has 1 aliphatic heterocycles. The number of aryl methyl sites for hydroxylation is 1. The summed E-state index contributed by atoms with van der Waals surface area (Å²) in [5.74, 6) is -3.63. The number of nitrogens with one attached hydrogen (secondary N) is 2. The molecule has 1 aliphatic rings. The number of amides is 4. The summed E-state index contributed by atoms with van der Waals surface area (Å²) >= 11 is 0.